The topological polar surface area (TPSA) is 121 Å². The Morgan fingerprint density at radius 1 is 1.09 bits per heavy atom. The van der Waals surface area contributed by atoms with Crippen molar-refractivity contribution in [3.05, 3.63) is 65.9 Å². The van der Waals surface area contributed by atoms with E-state index in [-0.39, 0.29) is 12.4 Å². The molecule has 0 radical (unpaired) electrons. The van der Waals surface area contributed by atoms with Crippen molar-refractivity contribution in [1.29, 1.82) is 0 Å². The molecule has 0 bridgehead atoms. The Morgan fingerprint density at radius 2 is 1.83 bits per heavy atom. The third-order valence-electron chi connectivity index (χ3n) is 4.64. The van der Waals surface area contributed by atoms with Crippen LogP contribution in [0.15, 0.2) is 53.2 Å². The minimum Gasteiger partial charge on any atom is -0.444 e. The Morgan fingerprint density at radius 3 is 2.46 bits per heavy atom. The average molecular weight is 483 g/mol. The number of nitrogens with one attached hydrogen (secondary N) is 1. The molecule has 1 amide bonds. The fraction of sp³-hybridized carbons (Fsp3) is 0.304. The summed E-state index contributed by atoms with van der Waals surface area (Å²) in [6, 6.07) is 10.7. The summed E-state index contributed by atoms with van der Waals surface area (Å²) in [5, 5.41) is 18.0. The molecule has 0 spiro atoms. The first-order valence-corrected chi connectivity index (χ1v) is 10.7. The zero-order chi connectivity index (χ0) is 25.0. The molecule has 0 aliphatic rings. The van der Waals surface area contributed by atoms with E-state index in [1.54, 1.807) is 56.0 Å². The van der Waals surface area contributed by atoms with Gasteiger partial charge in [0.05, 0.1) is 25.0 Å². The summed E-state index contributed by atoms with van der Waals surface area (Å²) >= 11 is 0. The molecule has 1 aromatic carbocycles. The molecule has 3 heterocycles. The fourth-order valence-electron chi connectivity index (χ4n) is 3.04. The molecule has 12 heteroatoms. The molecule has 4 rings (SSSR count). The fourth-order valence-corrected chi connectivity index (χ4v) is 3.04. The molecular formula is C23H23F2N7O3. The Kier molecular flexibility index (Phi) is 6.80. The maximum Gasteiger partial charge on any atom is 0.407 e. The summed E-state index contributed by atoms with van der Waals surface area (Å²) < 4.78 is 37.1. The predicted molar refractivity (Wildman–Crippen MR) is 120 cm³/mol. The van der Waals surface area contributed by atoms with Crippen molar-refractivity contribution in [2.24, 2.45) is 0 Å². The van der Waals surface area contributed by atoms with Crippen molar-refractivity contribution < 1.29 is 22.7 Å². The van der Waals surface area contributed by atoms with Gasteiger partial charge in [0.15, 0.2) is 0 Å². The minimum atomic E-state index is -2.81. The lowest BCUT2D eigenvalue weighted by Gasteiger charge is -2.19. The highest BCUT2D eigenvalue weighted by atomic mass is 19.3. The van der Waals surface area contributed by atoms with E-state index in [2.05, 4.69) is 30.8 Å². The molecule has 35 heavy (non-hydrogen) atoms. The quantitative estimate of drug-likeness (QED) is 0.411. The third kappa shape index (κ3) is 6.43. The van der Waals surface area contributed by atoms with E-state index >= 15 is 0 Å². The molecule has 0 saturated carbocycles. The molecule has 4 aromatic rings. The number of ether oxygens (including phenoxy) is 1. The van der Waals surface area contributed by atoms with E-state index < -0.39 is 24.0 Å². The van der Waals surface area contributed by atoms with Crippen molar-refractivity contribution >= 4 is 6.09 Å². The summed E-state index contributed by atoms with van der Waals surface area (Å²) in [5.74, 6) is -0.673. The molecule has 3 aromatic heterocycles. The van der Waals surface area contributed by atoms with Gasteiger partial charge in [-0.3, -0.25) is 4.98 Å². The Bertz CT molecular complexity index is 1280. The Hall–Kier alpha value is -4.22. The summed E-state index contributed by atoms with van der Waals surface area (Å²) in [6.07, 6.45) is 0.135. The molecule has 10 nitrogen and oxygen atoms in total. The number of rotatable bonds is 7. The van der Waals surface area contributed by atoms with Crippen LogP contribution in [0.2, 0.25) is 0 Å². The second kappa shape index (κ2) is 9.95. The molecule has 0 fully saturated rings. The van der Waals surface area contributed by atoms with E-state index in [1.807, 2.05) is 18.2 Å². The average Bonchev–Trinajstić information content (AvgIpc) is 3.48. The van der Waals surface area contributed by atoms with Gasteiger partial charge in [0.1, 0.15) is 11.3 Å². The second-order valence-electron chi connectivity index (χ2n) is 8.64. The molecule has 0 atom stereocenters. The number of halogens is 2. The van der Waals surface area contributed by atoms with Crippen LogP contribution in [0.4, 0.5) is 13.6 Å². The second-order valence-corrected chi connectivity index (χ2v) is 8.64. The van der Waals surface area contributed by atoms with Crippen LogP contribution in [-0.2, 0) is 17.8 Å². The number of carbonyl (C=O) groups is 1. The summed E-state index contributed by atoms with van der Waals surface area (Å²) in [4.78, 5) is 16.1. The minimum absolute atomic E-state index is 0.0344. The van der Waals surface area contributed by atoms with Gasteiger partial charge in [0.2, 0.25) is 5.89 Å². The van der Waals surface area contributed by atoms with Crippen LogP contribution in [0, 0.1) is 0 Å². The van der Waals surface area contributed by atoms with Crippen LogP contribution < -0.4 is 5.32 Å². The lowest BCUT2D eigenvalue weighted by molar-refractivity contribution is 0.0523. The van der Waals surface area contributed by atoms with E-state index in [4.69, 9.17) is 9.15 Å². The van der Waals surface area contributed by atoms with Gasteiger partial charge in [-0.15, -0.1) is 15.3 Å². The molecule has 0 aliphatic heterocycles. The van der Waals surface area contributed by atoms with Crippen LogP contribution in [0.3, 0.4) is 0 Å². The van der Waals surface area contributed by atoms with E-state index in [9.17, 15) is 13.6 Å². The predicted octanol–water partition coefficient (Wildman–Crippen LogP) is 4.40. The number of amides is 1. The number of hydrogen-bond acceptors (Lipinski definition) is 8. The largest absolute Gasteiger partial charge is 0.444 e. The Labute approximate surface area is 199 Å². The van der Waals surface area contributed by atoms with Crippen molar-refractivity contribution in [3.8, 4) is 22.7 Å². The van der Waals surface area contributed by atoms with Gasteiger partial charge in [0, 0.05) is 17.3 Å². The monoisotopic (exact) mass is 483 g/mol. The van der Waals surface area contributed by atoms with Crippen LogP contribution in [0.25, 0.3) is 22.7 Å². The van der Waals surface area contributed by atoms with Crippen LogP contribution >= 0.6 is 0 Å². The van der Waals surface area contributed by atoms with E-state index in [1.165, 1.54) is 0 Å². The van der Waals surface area contributed by atoms with Crippen LogP contribution in [0.5, 0.6) is 0 Å². The number of carbonyl (C=O) groups excluding carboxylic acids is 1. The molecule has 0 unspecified atom stereocenters. The number of pyridine rings is 1. The molecule has 0 aliphatic carbocycles. The van der Waals surface area contributed by atoms with Gasteiger partial charge in [0.25, 0.3) is 5.89 Å². The zero-order valence-electron chi connectivity index (χ0n) is 19.3. The smallest absolute Gasteiger partial charge is 0.407 e. The number of alkyl halides is 2. The SMILES string of the molecule is CC(C)(C)OC(=O)NCc1ccc(-c2cn(Cc3ccc(-c4nnc(C(F)F)o4)cc3)nn2)cn1. The molecule has 1 N–H and O–H groups in total. The van der Waals surface area contributed by atoms with Crippen molar-refractivity contribution in [1.82, 2.24) is 35.5 Å². The normalized spacial score (nSPS) is 11.6. The van der Waals surface area contributed by atoms with Crippen molar-refractivity contribution in [2.45, 2.75) is 45.9 Å². The van der Waals surface area contributed by atoms with Gasteiger partial charge >= 0.3 is 12.5 Å². The maximum atomic E-state index is 12.6. The van der Waals surface area contributed by atoms with Gasteiger partial charge < -0.3 is 14.5 Å². The molecule has 0 saturated heterocycles. The number of benzene rings is 1. The third-order valence-corrected chi connectivity index (χ3v) is 4.64. The van der Waals surface area contributed by atoms with E-state index in [0.717, 1.165) is 11.1 Å². The summed E-state index contributed by atoms with van der Waals surface area (Å²) in [5.41, 5.74) is 2.99. The summed E-state index contributed by atoms with van der Waals surface area (Å²) in [6.45, 7) is 6.08. The first-order chi connectivity index (χ1) is 16.7. The van der Waals surface area contributed by atoms with Crippen molar-refractivity contribution in [2.75, 3.05) is 0 Å². The highest BCUT2D eigenvalue weighted by Crippen LogP contribution is 2.23. The standard InChI is InChI=1S/C23H23F2N7O3/c1-23(2,3)35-22(33)27-11-17-9-8-16(10-26-17)18-13-32(31-28-18)12-14-4-6-15(7-5-14)20-29-30-21(34-20)19(24)25/h4-10,13,19H,11-12H2,1-3H3,(H,27,33). The number of hydrogen-bond donors (Lipinski definition) is 1. The summed E-state index contributed by atoms with van der Waals surface area (Å²) in [7, 11) is 0. The van der Waals surface area contributed by atoms with Gasteiger partial charge in [-0.1, -0.05) is 17.3 Å². The Balaban J connectivity index is 1.34. The number of nitrogens with zero attached hydrogens (tertiary/aromatic N) is 6. The highest BCUT2D eigenvalue weighted by molar-refractivity contribution is 5.67. The van der Waals surface area contributed by atoms with Crippen LogP contribution in [-0.4, -0.2) is 41.9 Å². The van der Waals surface area contributed by atoms with Gasteiger partial charge in [-0.05, 0) is 50.6 Å². The van der Waals surface area contributed by atoms with Crippen molar-refractivity contribution in [3.63, 3.8) is 0 Å². The lowest BCUT2D eigenvalue weighted by Crippen LogP contribution is -2.32. The maximum absolute atomic E-state index is 12.6. The molecular weight excluding hydrogens is 460 g/mol. The lowest BCUT2D eigenvalue weighted by atomic mass is 10.1. The van der Waals surface area contributed by atoms with E-state index in [0.29, 0.717) is 23.5 Å². The molecule has 182 valence electrons. The van der Waals surface area contributed by atoms with Crippen LogP contribution in [0.1, 0.15) is 44.3 Å². The highest BCUT2D eigenvalue weighted by Gasteiger charge is 2.17. The first kappa shape index (κ1) is 23.9. The number of aromatic nitrogens is 6. The zero-order valence-corrected chi connectivity index (χ0v) is 19.3. The number of alkyl carbamates (subject to hydrolysis) is 1. The first-order valence-electron chi connectivity index (χ1n) is 10.7. The van der Waals surface area contributed by atoms with Gasteiger partial charge in [-0.25, -0.2) is 9.48 Å². The van der Waals surface area contributed by atoms with Gasteiger partial charge in [-0.2, -0.15) is 8.78 Å².